The van der Waals surface area contributed by atoms with Crippen LogP contribution in [0.4, 0.5) is 0 Å². The number of carbonyl (C=O) groups excluding carboxylic acids is 1. The highest BCUT2D eigenvalue weighted by molar-refractivity contribution is 6.38. The van der Waals surface area contributed by atoms with Gasteiger partial charge in [-0.25, -0.2) is 4.98 Å². The highest BCUT2D eigenvalue weighted by Gasteiger charge is 2.18. The molecule has 2 rings (SSSR count). The number of carboxylic acids is 1. The fraction of sp³-hybridized carbons (Fsp3) is 0.0667. The van der Waals surface area contributed by atoms with Crippen molar-refractivity contribution in [3.05, 3.63) is 41.7 Å². The van der Waals surface area contributed by atoms with Crippen LogP contribution < -0.4 is 10.8 Å². The molecule has 1 amide bonds. The summed E-state index contributed by atoms with van der Waals surface area (Å²) in [4.78, 5) is 26.0. The van der Waals surface area contributed by atoms with Gasteiger partial charge in [0.05, 0.1) is 11.6 Å². The van der Waals surface area contributed by atoms with E-state index in [2.05, 4.69) is 10.3 Å². The zero-order valence-electron chi connectivity index (χ0n) is 11.8. The van der Waals surface area contributed by atoms with Crippen LogP contribution in [0.15, 0.2) is 30.5 Å². The first-order valence-corrected chi connectivity index (χ1v) is 6.42. The molecule has 0 atom stereocenters. The first kappa shape index (κ1) is 16.0. The van der Waals surface area contributed by atoms with E-state index in [0.717, 1.165) is 0 Å². The van der Waals surface area contributed by atoms with E-state index in [1.54, 1.807) is 24.3 Å². The molecule has 0 unspecified atom stereocenters. The van der Waals surface area contributed by atoms with Gasteiger partial charge in [-0.3, -0.25) is 9.59 Å². The lowest BCUT2D eigenvalue weighted by Crippen LogP contribution is -2.31. The van der Waals surface area contributed by atoms with E-state index in [-0.39, 0.29) is 11.2 Å². The zero-order chi connectivity index (χ0) is 17.0. The summed E-state index contributed by atoms with van der Waals surface area (Å²) >= 11 is 0. The molecule has 2 aromatic rings. The number of hydrogen-bond donors (Lipinski definition) is 3. The minimum Gasteiger partial charge on any atom is -0.506 e. The van der Waals surface area contributed by atoms with Gasteiger partial charge in [0.2, 0.25) is 0 Å². The summed E-state index contributed by atoms with van der Waals surface area (Å²) in [6.07, 6.45) is 1.28. The molecule has 0 spiro atoms. The first-order valence-electron chi connectivity index (χ1n) is 6.42. The predicted octanol–water partition coefficient (Wildman–Crippen LogP) is -0.0659. The first-order chi connectivity index (χ1) is 10.9. The summed E-state index contributed by atoms with van der Waals surface area (Å²) in [5.74, 6) is -2.63. The maximum atomic E-state index is 11.8. The summed E-state index contributed by atoms with van der Waals surface area (Å²) in [5.41, 5.74) is 0.861. The van der Waals surface area contributed by atoms with Gasteiger partial charge in [0.25, 0.3) is 5.91 Å². The zero-order valence-corrected chi connectivity index (χ0v) is 11.8. The summed E-state index contributed by atoms with van der Waals surface area (Å²) in [6, 6.07) is 8.49. The van der Waals surface area contributed by atoms with E-state index < -0.39 is 24.2 Å². The minimum absolute atomic E-state index is 0.0874. The van der Waals surface area contributed by atoms with Gasteiger partial charge in [0.15, 0.2) is 5.69 Å². The average molecular weight is 307 g/mol. The van der Waals surface area contributed by atoms with Gasteiger partial charge in [0.1, 0.15) is 20.1 Å². The number of amides is 1. The van der Waals surface area contributed by atoms with Crippen molar-refractivity contribution in [3.63, 3.8) is 0 Å². The molecule has 1 aromatic carbocycles. The molecule has 1 heterocycles. The molecule has 0 aliphatic rings. The van der Waals surface area contributed by atoms with Gasteiger partial charge >= 0.3 is 5.97 Å². The molecule has 8 heteroatoms. The van der Waals surface area contributed by atoms with E-state index in [0.29, 0.717) is 16.7 Å². The SMILES string of the molecule is [B]c1c(-c2cccc(C#N)c2)cnc(C(=O)NCC(=O)O)c1O. The lowest BCUT2D eigenvalue weighted by atomic mass is 9.86. The Hall–Kier alpha value is -3.34. The summed E-state index contributed by atoms with van der Waals surface area (Å²) < 4.78 is 0. The van der Waals surface area contributed by atoms with Gasteiger partial charge in [-0.1, -0.05) is 12.1 Å². The second-order valence-electron chi connectivity index (χ2n) is 4.55. The van der Waals surface area contributed by atoms with Crippen molar-refractivity contribution in [2.75, 3.05) is 6.54 Å². The summed E-state index contributed by atoms with van der Waals surface area (Å²) in [7, 11) is 5.83. The Bertz CT molecular complexity index is 830. The molecule has 0 aliphatic carbocycles. The van der Waals surface area contributed by atoms with E-state index in [1.165, 1.54) is 6.20 Å². The van der Waals surface area contributed by atoms with Crippen LogP contribution in [0.5, 0.6) is 5.75 Å². The topological polar surface area (TPSA) is 123 Å². The molecule has 2 radical (unpaired) electrons. The number of rotatable bonds is 4. The summed E-state index contributed by atoms with van der Waals surface area (Å²) in [5, 5.41) is 29.6. The number of pyridine rings is 1. The number of nitrogens with one attached hydrogen (secondary N) is 1. The molecule has 0 aliphatic heterocycles. The van der Waals surface area contributed by atoms with Crippen LogP contribution in [-0.4, -0.2) is 41.5 Å². The monoisotopic (exact) mass is 307 g/mol. The van der Waals surface area contributed by atoms with Crippen molar-refractivity contribution in [2.45, 2.75) is 0 Å². The van der Waals surface area contributed by atoms with Crippen LogP contribution in [0.1, 0.15) is 16.1 Å². The molecule has 23 heavy (non-hydrogen) atoms. The second-order valence-corrected chi connectivity index (χ2v) is 4.55. The van der Waals surface area contributed by atoms with E-state index >= 15 is 0 Å². The maximum Gasteiger partial charge on any atom is 0.322 e. The molecule has 7 nitrogen and oxygen atoms in total. The average Bonchev–Trinajstić information content (AvgIpc) is 2.55. The van der Waals surface area contributed by atoms with Gasteiger partial charge in [-0.05, 0) is 28.7 Å². The van der Waals surface area contributed by atoms with Crippen molar-refractivity contribution in [1.29, 1.82) is 5.26 Å². The van der Waals surface area contributed by atoms with Crippen LogP contribution in [-0.2, 0) is 4.79 Å². The van der Waals surface area contributed by atoms with Crippen molar-refractivity contribution >= 4 is 25.2 Å². The van der Waals surface area contributed by atoms with Crippen molar-refractivity contribution in [2.24, 2.45) is 0 Å². The lowest BCUT2D eigenvalue weighted by molar-refractivity contribution is -0.135. The number of carboxylic acid groups (broad SMARTS) is 1. The fourth-order valence-electron chi connectivity index (χ4n) is 1.91. The van der Waals surface area contributed by atoms with E-state index in [9.17, 15) is 14.7 Å². The standard InChI is InChI=1S/C15H10BN3O4/c16-12-10(9-3-1-2-8(4-9)5-17)6-18-13(14(12)22)15(23)19-7-11(20)21/h1-4,6,22H,7H2,(H,19,23)(H,20,21). The Morgan fingerprint density at radius 2 is 2.13 bits per heavy atom. The number of nitriles is 1. The fourth-order valence-corrected chi connectivity index (χ4v) is 1.91. The molecule has 112 valence electrons. The van der Waals surface area contributed by atoms with Gasteiger partial charge in [-0.15, -0.1) is 0 Å². The predicted molar refractivity (Wildman–Crippen MR) is 81.4 cm³/mol. The number of benzene rings is 1. The molecular weight excluding hydrogens is 297 g/mol. The molecule has 0 fully saturated rings. The van der Waals surface area contributed by atoms with E-state index in [4.69, 9.17) is 18.2 Å². The van der Waals surface area contributed by atoms with Crippen molar-refractivity contribution in [3.8, 4) is 22.9 Å². The Balaban J connectivity index is 2.39. The Morgan fingerprint density at radius 1 is 1.39 bits per heavy atom. The third kappa shape index (κ3) is 3.47. The highest BCUT2D eigenvalue weighted by atomic mass is 16.4. The molecule has 1 aromatic heterocycles. The van der Waals surface area contributed by atoms with Crippen molar-refractivity contribution < 1.29 is 19.8 Å². The number of hydrogen-bond acceptors (Lipinski definition) is 5. The van der Waals surface area contributed by atoms with Crippen molar-refractivity contribution in [1.82, 2.24) is 10.3 Å². The number of carbonyl (C=O) groups is 2. The normalized spacial score (nSPS) is 9.87. The molecule has 3 N–H and O–H groups in total. The van der Waals surface area contributed by atoms with Gasteiger partial charge < -0.3 is 15.5 Å². The molecule has 0 saturated heterocycles. The Kier molecular flexibility index (Phi) is 4.62. The third-order valence-corrected chi connectivity index (χ3v) is 3.01. The van der Waals surface area contributed by atoms with Crippen LogP contribution in [0, 0.1) is 11.3 Å². The molecule has 0 bridgehead atoms. The smallest absolute Gasteiger partial charge is 0.322 e. The molecule has 0 saturated carbocycles. The Labute approximate surface area is 132 Å². The minimum atomic E-state index is -1.23. The van der Waals surface area contributed by atoms with E-state index in [1.807, 2.05) is 6.07 Å². The maximum absolute atomic E-state index is 11.8. The summed E-state index contributed by atoms with van der Waals surface area (Å²) in [6.45, 7) is -0.605. The number of aromatic nitrogens is 1. The second kappa shape index (κ2) is 6.62. The number of aromatic hydroxyl groups is 1. The lowest BCUT2D eigenvalue weighted by Gasteiger charge is -2.11. The highest BCUT2D eigenvalue weighted by Crippen LogP contribution is 2.22. The number of nitrogens with zero attached hydrogens (tertiary/aromatic N) is 2. The largest absolute Gasteiger partial charge is 0.506 e. The van der Waals surface area contributed by atoms with Crippen LogP contribution >= 0.6 is 0 Å². The molecular formula is C15H10BN3O4. The van der Waals surface area contributed by atoms with Crippen LogP contribution in [0.2, 0.25) is 0 Å². The third-order valence-electron chi connectivity index (χ3n) is 3.01. The van der Waals surface area contributed by atoms with Gasteiger partial charge in [-0.2, -0.15) is 5.26 Å². The van der Waals surface area contributed by atoms with Crippen LogP contribution in [0.25, 0.3) is 11.1 Å². The van der Waals surface area contributed by atoms with Gasteiger partial charge in [0, 0.05) is 6.20 Å². The Morgan fingerprint density at radius 3 is 2.78 bits per heavy atom. The number of aliphatic carboxylic acids is 1. The quantitative estimate of drug-likeness (QED) is 0.680. The van der Waals surface area contributed by atoms with Crippen LogP contribution in [0.3, 0.4) is 0 Å².